The van der Waals surface area contributed by atoms with Crippen LogP contribution >= 0.6 is 0 Å². The van der Waals surface area contributed by atoms with Gasteiger partial charge in [-0.3, -0.25) is 0 Å². The standard InChI is InChI=1S/C4H5N.W/c1-2-3-4-5;/h2-4H,1H2;. The molecule has 0 saturated heterocycles. The van der Waals surface area contributed by atoms with E-state index in [0.717, 1.165) is 0 Å². The summed E-state index contributed by atoms with van der Waals surface area (Å²) in [6, 6.07) is 0. The fourth-order valence-electron chi connectivity index (χ4n) is 0.0960. The summed E-state index contributed by atoms with van der Waals surface area (Å²) in [5.41, 5.74) is 0. The van der Waals surface area contributed by atoms with Crippen LogP contribution in [0.3, 0.4) is 0 Å². The molecule has 0 spiro atoms. The van der Waals surface area contributed by atoms with E-state index in [0.29, 0.717) is 0 Å². The molecule has 0 aromatic heterocycles. The normalized spacial score (nSPS) is 8.83. The summed E-state index contributed by atoms with van der Waals surface area (Å²) in [7, 11) is 0. The zero-order chi connectivity index (χ0) is 4.83. The summed E-state index contributed by atoms with van der Waals surface area (Å²) in [6.07, 6.45) is 5.22. The molecule has 0 aliphatic heterocycles. The zero-order valence-electron chi connectivity index (χ0n) is 3.29. The molecule has 1 nitrogen and oxygen atoms in total. The average molecular weight is 251 g/mol. The Kier molecular flexibility index (Phi) is 5.18. The van der Waals surface area contributed by atoms with E-state index in [2.05, 4.69) is 10.4 Å². The quantitative estimate of drug-likeness (QED) is 0.655. The van der Waals surface area contributed by atoms with Crippen LogP contribution in [0.5, 0.6) is 0 Å². The molecule has 0 rings (SSSR count). The van der Waals surface area contributed by atoms with Crippen molar-refractivity contribution in [2.75, 3.05) is 0 Å². The molecule has 0 N–H and O–H groups in total. The molecule has 0 fully saturated rings. The minimum absolute atomic E-state index is 1.23. The number of hydrogen-bond acceptors (Lipinski definition) is 1. The Morgan fingerprint density at radius 2 is 2.50 bits per heavy atom. The van der Waals surface area contributed by atoms with Gasteiger partial charge in [0.1, 0.15) is 0 Å². The van der Waals surface area contributed by atoms with Crippen LogP contribution in [0.2, 0.25) is 0 Å². The molecule has 0 aromatic carbocycles. The first-order valence-corrected chi connectivity index (χ1v) is 2.83. The van der Waals surface area contributed by atoms with Gasteiger partial charge in [0.05, 0.1) is 0 Å². The molecule has 0 amide bonds. The van der Waals surface area contributed by atoms with E-state index >= 15 is 0 Å². The van der Waals surface area contributed by atoms with E-state index in [1.165, 1.54) is 19.6 Å². The van der Waals surface area contributed by atoms with Crippen LogP contribution in [0.15, 0.2) is 15.8 Å². The van der Waals surface area contributed by atoms with Gasteiger partial charge in [-0.05, 0) is 0 Å². The third kappa shape index (κ3) is 4.10. The van der Waals surface area contributed by atoms with Gasteiger partial charge < -0.3 is 0 Å². The maximum absolute atomic E-state index is 3.76. The summed E-state index contributed by atoms with van der Waals surface area (Å²) in [4.78, 5) is 0. The Morgan fingerprint density at radius 3 is 2.67 bits per heavy atom. The molecule has 0 unspecified atom stereocenters. The van der Waals surface area contributed by atoms with Crippen LogP contribution in [0.4, 0.5) is 0 Å². The Hall–Kier alpha value is 0.0983. The fraction of sp³-hybridized carbons (Fsp3) is 0. The third-order valence-corrected chi connectivity index (χ3v) is 0.720. The first kappa shape index (κ1) is 6.10. The van der Waals surface area contributed by atoms with Crippen LogP contribution in [0.25, 0.3) is 0 Å². The van der Waals surface area contributed by atoms with Crippen molar-refractivity contribution in [1.82, 2.24) is 0 Å². The van der Waals surface area contributed by atoms with E-state index in [1.54, 1.807) is 18.7 Å². The molecule has 0 atom stereocenters. The molecule has 6 heavy (non-hydrogen) atoms. The Labute approximate surface area is 49.2 Å². The molecule has 0 radical (unpaired) electrons. The van der Waals surface area contributed by atoms with E-state index in [4.69, 9.17) is 0 Å². The average Bonchev–Trinajstić information content (AvgIpc) is 1.61. The number of nitrogens with zero attached hydrogens (tertiary/aromatic N) is 1. The fourth-order valence-corrected chi connectivity index (χ4v) is 0.348. The monoisotopic (exact) mass is 251 g/mol. The van der Waals surface area contributed by atoms with Crippen LogP contribution in [-0.2, 0) is 19.6 Å². The molecule has 2 heteroatoms. The van der Waals surface area contributed by atoms with Gasteiger partial charge in [0.2, 0.25) is 0 Å². The number of allylic oxidation sites excluding steroid dienone is 1. The maximum atomic E-state index is 3.76. The first-order valence-electron chi connectivity index (χ1n) is 1.52. The molecule has 0 saturated carbocycles. The van der Waals surface area contributed by atoms with Gasteiger partial charge in [0, 0.05) is 0 Å². The van der Waals surface area contributed by atoms with Gasteiger partial charge in [-0.2, -0.15) is 0 Å². The second-order valence-electron chi connectivity index (χ2n) is 0.683. The molecule has 0 aromatic rings. The molecular formula is C4H5NW. The van der Waals surface area contributed by atoms with Gasteiger partial charge in [-0.15, -0.1) is 0 Å². The summed E-state index contributed by atoms with van der Waals surface area (Å²) in [5.74, 6) is 0. The van der Waals surface area contributed by atoms with Crippen LogP contribution in [0, 0.1) is 13.3 Å². The molecule has 0 bridgehead atoms. The van der Waals surface area contributed by atoms with Crippen molar-refractivity contribution in [2.45, 2.75) is 0 Å². The summed E-state index contributed by atoms with van der Waals surface area (Å²) in [5, 5.41) is 0. The van der Waals surface area contributed by atoms with Crippen molar-refractivity contribution in [3.8, 4) is 0 Å². The van der Waals surface area contributed by atoms with Gasteiger partial charge in [-0.25, -0.2) is 0 Å². The van der Waals surface area contributed by atoms with Crippen molar-refractivity contribution in [2.24, 2.45) is 3.50 Å². The molecule has 32 valence electrons. The van der Waals surface area contributed by atoms with Crippen LogP contribution in [-0.4, -0.2) is 0 Å². The summed E-state index contributed by atoms with van der Waals surface area (Å²) >= 11 is 1.23. The molecular weight excluding hydrogens is 246 g/mol. The Bertz CT molecular complexity index is 58.6. The third-order valence-electron chi connectivity index (χ3n) is 0.283. The van der Waals surface area contributed by atoms with Crippen molar-refractivity contribution < 1.29 is 19.6 Å². The zero-order valence-corrected chi connectivity index (χ0v) is 6.23. The summed E-state index contributed by atoms with van der Waals surface area (Å²) in [6.45, 7) is 3.46. The SMILES string of the molecule is [CH2-][CH+]C=C[N]=[W]. The van der Waals surface area contributed by atoms with E-state index in [9.17, 15) is 0 Å². The number of rotatable bonds is 2. The second kappa shape index (κ2) is 5.10. The molecule has 0 heterocycles. The molecule has 0 aliphatic rings. The van der Waals surface area contributed by atoms with Crippen molar-refractivity contribution in [3.63, 3.8) is 0 Å². The topological polar surface area (TPSA) is 12.4 Å². The minimum atomic E-state index is 1.23. The van der Waals surface area contributed by atoms with Crippen molar-refractivity contribution in [3.05, 3.63) is 25.6 Å². The Balaban J connectivity index is 2.94. The number of hydrogen-bond donors (Lipinski definition) is 0. The van der Waals surface area contributed by atoms with Gasteiger partial charge in [0.25, 0.3) is 0 Å². The van der Waals surface area contributed by atoms with E-state index in [1.807, 2.05) is 0 Å². The second-order valence-corrected chi connectivity index (χ2v) is 1.44. The predicted molar refractivity (Wildman–Crippen MR) is 21.2 cm³/mol. The first-order chi connectivity index (χ1) is 2.91. The Morgan fingerprint density at radius 1 is 1.83 bits per heavy atom. The molecule has 0 aliphatic carbocycles. The van der Waals surface area contributed by atoms with Crippen LogP contribution < -0.4 is 0 Å². The van der Waals surface area contributed by atoms with Gasteiger partial charge in [0.15, 0.2) is 0 Å². The van der Waals surface area contributed by atoms with E-state index < -0.39 is 0 Å². The summed E-state index contributed by atoms with van der Waals surface area (Å²) < 4.78 is 3.76. The van der Waals surface area contributed by atoms with Crippen molar-refractivity contribution >= 4 is 0 Å². The van der Waals surface area contributed by atoms with Gasteiger partial charge >= 0.3 is 48.7 Å². The van der Waals surface area contributed by atoms with Gasteiger partial charge in [-0.1, -0.05) is 0 Å². The van der Waals surface area contributed by atoms with Crippen molar-refractivity contribution in [1.29, 1.82) is 0 Å². The predicted octanol–water partition coefficient (Wildman–Crippen LogP) is 1.27. The van der Waals surface area contributed by atoms with Crippen LogP contribution in [0.1, 0.15) is 0 Å². The van der Waals surface area contributed by atoms with E-state index in [-0.39, 0.29) is 0 Å².